The second-order valence-corrected chi connectivity index (χ2v) is 5.55. The molecule has 2 nitrogen and oxygen atoms in total. The molecule has 0 aliphatic rings. The zero-order chi connectivity index (χ0) is 15.4. The molecule has 0 spiro atoms. The van der Waals surface area contributed by atoms with E-state index in [9.17, 15) is 14.3 Å². The van der Waals surface area contributed by atoms with Crippen molar-refractivity contribution in [2.75, 3.05) is 0 Å². The lowest BCUT2D eigenvalue weighted by Gasteiger charge is -2.14. The fourth-order valence-corrected chi connectivity index (χ4v) is 2.54. The number of carboxylic acid groups (broad SMARTS) is 1. The SMILES string of the molecule is Cc1cccc(CC(Cc2cccc(Cl)c2F)C(=O)O)c1. The fraction of sp³-hybridized carbons (Fsp3) is 0.235. The molecule has 21 heavy (non-hydrogen) atoms. The van der Waals surface area contributed by atoms with Crippen LogP contribution in [-0.2, 0) is 17.6 Å². The smallest absolute Gasteiger partial charge is 0.307 e. The molecule has 2 aromatic rings. The number of halogens is 2. The molecule has 2 aromatic carbocycles. The van der Waals surface area contributed by atoms with E-state index in [0.29, 0.717) is 12.0 Å². The summed E-state index contributed by atoms with van der Waals surface area (Å²) in [6.45, 7) is 1.95. The summed E-state index contributed by atoms with van der Waals surface area (Å²) in [5.41, 5.74) is 2.35. The van der Waals surface area contributed by atoms with Crippen LogP contribution in [0.2, 0.25) is 5.02 Å². The molecule has 0 radical (unpaired) electrons. The number of aryl methyl sites for hydroxylation is 1. The Morgan fingerprint density at radius 2 is 1.95 bits per heavy atom. The molecule has 0 bridgehead atoms. The molecule has 4 heteroatoms. The molecular weight excluding hydrogens is 291 g/mol. The summed E-state index contributed by atoms with van der Waals surface area (Å²) in [7, 11) is 0. The van der Waals surface area contributed by atoms with E-state index >= 15 is 0 Å². The van der Waals surface area contributed by atoms with E-state index in [1.807, 2.05) is 31.2 Å². The van der Waals surface area contributed by atoms with Crippen LogP contribution in [0, 0.1) is 18.7 Å². The van der Waals surface area contributed by atoms with Crippen LogP contribution in [0.5, 0.6) is 0 Å². The van der Waals surface area contributed by atoms with Crippen molar-refractivity contribution in [3.8, 4) is 0 Å². The van der Waals surface area contributed by atoms with Crippen LogP contribution in [0.3, 0.4) is 0 Å². The van der Waals surface area contributed by atoms with Gasteiger partial charge in [0.05, 0.1) is 10.9 Å². The van der Waals surface area contributed by atoms with Gasteiger partial charge in [-0.15, -0.1) is 0 Å². The minimum absolute atomic E-state index is 0.0206. The normalized spacial score (nSPS) is 12.1. The zero-order valence-electron chi connectivity index (χ0n) is 11.6. The summed E-state index contributed by atoms with van der Waals surface area (Å²) in [5.74, 6) is -2.15. The Hall–Kier alpha value is -1.87. The van der Waals surface area contributed by atoms with Crippen LogP contribution in [0.4, 0.5) is 4.39 Å². The summed E-state index contributed by atoms with van der Waals surface area (Å²) in [5, 5.41) is 9.39. The van der Waals surface area contributed by atoms with Gasteiger partial charge in [-0.05, 0) is 37.0 Å². The summed E-state index contributed by atoms with van der Waals surface area (Å²) in [6.07, 6.45) is 0.485. The van der Waals surface area contributed by atoms with Crippen molar-refractivity contribution in [3.05, 3.63) is 70.0 Å². The number of carbonyl (C=O) groups is 1. The highest BCUT2D eigenvalue weighted by atomic mass is 35.5. The van der Waals surface area contributed by atoms with Crippen LogP contribution in [0.15, 0.2) is 42.5 Å². The topological polar surface area (TPSA) is 37.3 Å². The maximum absolute atomic E-state index is 13.9. The van der Waals surface area contributed by atoms with Gasteiger partial charge in [-0.3, -0.25) is 4.79 Å². The Bertz CT molecular complexity index is 655. The first-order valence-electron chi connectivity index (χ1n) is 6.68. The Morgan fingerprint density at radius 1 is 1.24 bits per heavy atom. The average Bonchev–Trinajstić information content (AvgIpc) is 2.43. The number of carboxylic acids is 1. The lowest BCUT2D eigenvalue weighted by atomic mass is 9.92. The minimum Gasteiger partial charge on any atom is -0.481 e. The molecule has 0 aromatic heterocycles. The van der Waals surface area contributed by atoms with Crippen LogP contribution in [0.1, 0.15) is 16.7 Å². The Morgan fingerprint density at radius 3 is 2.62 bits per heavy atom. The second-order valence-electron chi connectivity index (χ2n) is 5.15. The Balaban J connectivity index is 2.20. The molecule has 1 N–H and O–H groups in total. The summed E-state index contributed by atoms with van der Waals surface area (Å²) in [4.78, 5) is 11.4. The fourth-order valence-electron chi connectivity index (χ4n) is 2.34. The van der Waals surface area contributed by atoms with Crippen molar-refractivity contribution in [1.29, 1.82) is 0 Å². The predicted octanol–water partition coefficient (Wildman–Crippen LogP) is 4.27. The van der Waals surface area contributed by atoms with E-state index in [4.69, 9.17) is 11.6 Å². The van der Waals surface area contributed by atoms with Gasteiger partial charge in [0.2, 0.25) is 0 Å². The third-order valence-corrected chi connectivity index (χ3v) is 3.70. The van der Waals surface area contributed by atoms with Crippen molar-refractivity contribution in [2.24, 2.45) is 5.92 Å². The molecule has 0 heterocycles. The van der Waals surface area contributed by atoms with E-state index in [0.717, 1.165) is 11.1 Å². The molecule has 0 amide bonds. The first-order chi connectivity index (χ1) is 9.97. The second kappa shape index (κ2) is 6.72. The maximum atomic E-state index is 13.9. The van der Waals surface area contributed by atoms with E-state index in [2.05, 4.69) is 0 Å². The van der Waals surface area contributed by atoms with Gasteiger partial charge in [-0.2, -0.15) is 0 Å². The number of aliphatic carboxylic acids is 1. The van der Waals surface area contributed by atoms with Gasteiger partial charge < -0.3 is 5.11 Å². The molecule has 2 rings (SSSR count). The third-order valence-electron chi connectivity index (χ3n) is 3.41. The third kappa shape index (κ3) is 4.05. The maximum Gasteiger partial charge on any atom is 0.307 e. The number of rotatable bonds is 5. The number of hydrogen-bond acceptors (Lipinski definition) is 1. The van der Waals surface area contributed by atoms with E-state index in [1.54, 1.807) is 12.1 Å². The molecule has 0 fully saturated rings. The molecule has 0 aliphatic heterocycles. The molecule has 0 saturated carbocycles. The molecule has 1 unspecified atom stereocenters. The molecule has 0 saturated heterocycles. The highest BCUT2D eigenvalue weighted by molar-refractivity contribution is 6.30. The van der Waals surface area contributed by atoms with Crippen LogP contribution >= 0.6 is 11.6 Å². The zero-order valence-corrected chi connectivity index (χ0v) is 12.4. The standard InChI is InChI=1S/C17H16ClFO2/c1-11-4-2-5-12(8-11)9-14(17(20)21)10-13-6-3-7-15(18)16(13)19/h2-8,14H,9-10H2,1H3,(H,20,21). The molecule has 110 valence electrons. The molecular formula is C17H16ClFO2. The van der Waals surface area contributed by atoms with E-state index < -0.39 is 17.7 Å². The Labute approximate surface area is 128 Å². The monoisotopic (exact) mass is 306 g/mol. The molecule has 1 atom stereocenters. The van der Waals surface area contributed by atoms with Crippen molar-refractivity contribution < 1.29 is 14.3 Å². The highest BCUT2D eigenvalue weighted by Crippen LogP contribution is 2.22. The predicted molar refractivity (Wildman–Crippen MR) is 81.1 cm³/mol. The largest absolute Gasteiger partial charge is 0.481 e. The van der Waals surface area contributed by atoms with Gasteiger partial charge in [0.15, 0.2) is 0 Å². The lowest BCUT2D eigenvalue weighted by Crippen LogP contribution is -2.19. The first kappa shape index (κ1) is 15.5. The summed E-state index contributed by atoms with van der Waals surface area (Å²) < 4.78 is 13.9. The van der Waals surface area contributed by atoms with E-state index in [-0.39, 0.29) is 11.4 Å². The minimum atomic E-state index is -0.934. The van der Waals surface area contributed by atoms with Crippen molar-refractivity contribution in [3.63, 3.8) is 0 Å². The van der Waals surface area contributed by atoms with Crippen molar-refractivity contribution >= 4 is 17.6 Å². The first-order valence-corrected chi connectivity index (χ1v) is 7.06. The van der Waals surface area contributed by atoms with Crippen molar-refractivity contribution in [1.82, 2.24) is 0 Å². The lowest BCUT2D eigenvalue weighted by molar-refractivity contribution is -0.141. The van der Waals surface area contributed by atoms with Crippen LogP contribution in [0.25, 0.3) is 0 Å². The van der Waals surface area contributed by atoms with Crippen molar-refractivity contribution in [2.45, 2.75) is 19.8 Å². The van der Waals surface area contributed by atoms with Gasteiger partial charge in [0.1, 0.15) is 5.82 Å². The quantitative estimate of drug-likeness (QED) is 0.895. The number of benzene rings is 2. The van der Waals surface area contributed by atoms with Gasteiger partial charge in [-0.25, -0.2) is 4.39 Å². The average molecular weight is 307 g/mol. The van der Waals surface area contributed by atoms with Gasteiger partial charge in [0.25, 0.3) is 0 Å². The van der Waals surface area contributed by atoms with Gasteiger partial charge in [0, 0.05) is 0 Å². The Kier molecular flexibility index (Phi) is 4.97. The summed E-state index contributed by atoms with van der Waals surface area (Å²) in [6, 6.07) is 12.3. The van der Waals surface area contributed by atoms with E-state index in [1.165, 1.54) is 6.07 Å². The van der Waals surface area contributed by atoms with Crippen LogP contribution < -0.4 is 0 Å². The number of hydrogen-bond donors (Lipinski definition) is 1. The van der Waals surface area contributed by atoms with Gasteiger partial charge in [-0.1, -0.05) is 53.6 Å². The highest BCUT2D eigenvalue weighted by Gasteiger charge is 2.21. The summed E-state index contributed by atoms with van der Waals surface area (Å²) >= 11 is 5.74. The van der Waals surface area contributed by atoms with Gasteiger partial charge >= 0.3 is 5.97 Å². The van der Waals surface area contributed by atoms with Crippen LogP contribution in [-0.4, -0.2) is 11.1 Å². The molecule has 0 aliphatic carbocycles.